The van der Waals surface area contributed by atoms with E-state index >= 15 is 0 Å². The highest BCUT2D eigenvalue weighted by Gasteiger charge is 2.24. The van der Waals surface area contributed by atoms with Gasteiger partial charge in [0.05, 0.1) is 11.9 Å². The molecular weight excluding hydrogens is 440 g/mol. The summed E-state index contributed by atoms with van der Waals surface area (Å²) < 4.78 is 1.98. The van der Waals surface area contributed by atoms with E-state index < -0.39 is 0 Å². The van der Waals surface area contributed by atoms with Crippen LogP contribution in [0.5, 0.6) is 0 Å². The monoisotopic (exact) mass is 468 g/mol. The predicted molar refractivity (Wildman–Crippen MR) is 135 cm³/mol. The van der Waals surface area contributed by atoms with Gasteiger partial charge in [0, 0.05) is 63.4 Å². The number of carbonyl (C=O) groups excluding carboxylic acids is 2. The first-order chi connectivity index (χ1) is 17.2. The van der Waals surface area contributed by atoms with Gasteiger partial charge in [-0.2, -0.15) is 0 Å². The van der Waals surface area contributed by atoms with Gasteiger partial charge in [-0.15, -0.1) is 0 Å². The van der Waals surface area contributed by atoms with Crippen LogP contribution in [-0.4, -0.2) is 64.0 Å². The minimum absolute atomic E-state index is 0.0643. The molecule has 2 aromatic carbocycles. The number of rotatable bonds is 7. The van der Waals surface area contributed by atoms with Crippen LogP contribution in [0.2, 0.25) is 0 Å². The normalized spacial score (nSPS) is 13.7. The Bertz CT molecular complexity index is 1290. The van der Waals surface area contributed by atoms with Gasteiger partial charge in [-0.3, -0.25) is 9.59 Å². The van der Waals surface area contributed by atoms with E-state index in [1.54, 1.807) is 24.8 Å². The number of imidazole rings is 1. The van der Waals surface area contributed by atoms with Crippen molar-refractivity contribution < 1.29 is 9.59 Å². The van der Waals surface area contributed by atoms with E-state index in [1.165, 1.54) is 0 Å². The second-order valence-corrected chi connectivity index (χ2v) is 8.62. The fourth-order valence-corrected chi connectivity index (χ4v) is 4.41. The van der Waals surface area contributed by atoms with Crippen LogP contribution in [0.25, 0.3) is 10.8 Å². The minimum atomic E-state index is -0.125. The lowest BCUT2D eigenvalue weighted by molar-refractivity contribution is 0.0748. The van der Waals surface area contributed by atoms with Crippen molar-refractivity contribution in [1.82, 2.24) is 24.8 Å². The zero-order chi connectivity index (χ0) is 24.0. The number of aromatic nitrogens is 3. The van der Waals surface area contributed by atoms with Crippen molar-refractivity contribution >= 4 is 28.4 Å². The number of benzene rings is 2. The molecule has 0 radical (unpaired) electrons. The molecule has 1 N–H and O–H groups in total. The van der Waals surface area contributed by atoms with Crippen molar-refractivity contribution in [3.8, 4) is 0 Å². The van der Waals surface area contributed by atoms with Gasteiger partial charge in [-0.05, 0) is 35.4 Å². The minimum Gasteiger partial charge on any atom is -0.353 e. The van der Waals surface area contributed by atoms with Gasteiger partial charge in [-0.25, -0.2) is 9.97 Å². The van der Waals surface area contributed by atoms with Gasteiger partial charge in [0.15, 0.2) is 0 Å². The summed E-state index contributed by atoms with van der Waals surface area (Å²) in [6.07, 6.45) is 7.87. The number of amides is 2. The first-order valence-electron chi connectivity index (χ1n) is 11.9. The molecule has 4 aromatic rings. The maximum Gasteiger partial charge on any atom is 0.254 e. The molecule has 0 aliphatic carbocycles. The van der Waals surface area contributed by atoms with Crippen molar-refractivity contribution in [3.63, 3.8) is 0 Å². The van der Waals surface area contributed by atoms with E-state index in [4.69, 9.17) is 0 Å². The number of aryl methyl sites for hydroxylation is 1. The Morgan fingerprint density at radius 1 is 0.943 bits per heavy atom. The van der Waals surface area contributed by atoms with Crippen LogP contribution in [-0.2, 0) is 6.54 Å². The third kappa shape index (κ3) is 5.16. The molecule has 0 bridgehead atoms. The number of hydrogen-bond donors (Lipinski definition) is 1. The zero-order valence-corrected chi connectivity index (χ0v) is 19.5. The summed E-state index contributed by atoms with van der Waals surface area (Å²) in [5, 5.41) is 4.99. The molecule has 35 heavy (non-hydrogen) atoms. The van der Waals surface area contributed by atoms with E-state index in [9.17, 15) is 9.59 Å². The van der Waals surface area contributed by atoms with Crippen LogP contribution >= 0.6 is 0 Å². The number of fused-ring (bicyclic) bond motifs is 1. The van der Waals surface area contributed by atoms with Gasteiger partial charge >= 0.3 is 0 Å². The predicted octanol–water partition coefficient (Wildman–Crippen LogP) is 3.21. The molecule has 2 aromatic heterocycles. The smallest absolute Gasteiger partial charge is 0.254 e. The van der Waals surface area contributed by atoms with E-state index in [0.717, 1.165) is 35.1 Å². The molecule has 8 heteroatoms. The van der Waals surface area contributed by atoms with Crippen LogP contribution in [0, 0.1) is 0 Å². The molecule has 0 atom stereocenters. The highest BCUT2D eigenvalue weighted by atomic mass is 16.2. The number of nitrogens with zero attached hydrogens (tertiary/aromatic N) is 5. The number of carbonyl (C=O) groups is 2. The number of piperazine rings is 1. The standard InChI is InChI=1S/C27H28N6O2/c34-26(29-11-4-13-31-14-12-28-20-31)22-9-10-25(30-19-22)32-15-17-33(18-16-32)27(35)24-8-3-6-21-5-1-2-7-23(21)24/h1-3,5-10,12,14,19-20H,4,11,13,15-18H2,(H,29,34). The zero-order valence-electron chi connectivity index (χ0n) is 19.5. The SMILES string of the molecule is O=C(NCCCn1ccnc1)c1ccc(N2CCN(C(=O)c3cccc4ccccc34)CC2)nc1. The number of hydrogen-bond acceptors (Lipinski definition) is 5. The lowest BCUT2D eigenvalue weighted by Crippen LogP contribution is -2.49. The number of anilines is 1. The molecule has 0 unspecified atom stereocenters. The summed E-state index contributed by atoms with van der Waals surface area (Å²) in [6, 6.07) is 17.5. The summed E-state index contributed by atoms with van der Waals surface area (Å²) in [5.41, 5.74) is 1.29. The highest BCUT2D eigenvalue weighted by molar-refractivity contribution is 6.07. The third-order valence-electron chi connectivity index (χ3n) is 6.36. The first kappa shape index (κ1) is 22.6. The Balaban J connectivity index is 1.13. The Hall–Kier alpha value is -4.20. The number of nitrogens with one attached hydrogen (secondary N) is 1. The van der Waals surface area contributed by atoms with Crippen LogP contribution in [0.1, 0.15) is 27.1 Å². The van der Waals surface area contributed by atoms with E-state index in [1.807, 2.05) is 64.2 Å². The molecule has 1 aliphatic heterocycles. The van der Waals surface area contributed by atoms with E-state index in [2.05, 4.69) is 20.2 Å². The van der Waals surface area contributed by atoms with Gasteiger partial charge in [0.1, 0.15) is 5.82 Å². The van der Waals surface area contributed by atoms with Crippen molar-refractivity contribution in [3.05, 3.63) is 90.6 Å². The summed E-state index contributed by atoms with van der Waals surface area (Å²) in [7, 11) is 0. The molecule has 1 saturated heterocycles. The average molecular weight is 469 g/mol. The maximum atomic E-state index is 13.2. The fourth-order valence-electron chi connectivity index (χ4n) is 4.41. The lowest BCUT2D eigenvalue weighted by atomic mass is 10.0. The van der Waals surface area contributed by atoms with E-state index in [-0.39, 0.29) is 11.8 Å². The topological polar surface area (TPSA) is 83.4 Å². The first-order valence-corrected chi connectivity index (χ1v) is 11.9. The molecule has 178 valence electrons. The van der Waals surface area contributed by atoms with Gasteiger partial charge in [-0.1, -0.05) is 36.4 Å². The van der Waals surface area contributed by atoms with Gasteiger partial charge in [0.2, 0.25) is 0 Å². The Morgan fingerprint density at radius 3 is 2.54 bits per heavy atom. The van der Waals surface area contributed by atoms with Gasteiger partial charge in [0.25, 0.3) is 11.8 Å². The van der Waals surface area contributed by atoms with Crippen molar-refractivity contribution in [2.45, 2.75) is 13.0 Å². The maximum absolute atomic E-state index is 13.2. The largest absolute Gasteiger partial charge is 0.353 e. The Labute approximate surface area is 204 Å². The van der Waals surface area contributed by atoms with Crippen molar-refractivity contribution in [2.24, 2.45) is 0 Å². The molecule has 2 amide bonds. The van der Waals surface area contributed by atoms with Crippen LogP contribution in [0.15, 0.2) is 79.5 Å². The summed E-state index contributed by atoms with van der Waals surface area (Å²) >= 11 is 0. The molecule has 3 heterocycles. The molecule has 8 nitrogen and oxygen atoms in total. The quantitative estimate of drug-likeness (QED) is 0.421. The van der Waals surface area contributed by atoms with Gasteiger partial charge < -0.3 is 19.7 Å². The van der Waals surface area contributed by atoms with Crippen LogP contribution < -0.4 is 10.2 Å². The highest BCUT2D eigenvalue weighted by Crippen LogP contribution is 2.21. The van der Waals surface area contributed by atoms with Crippen LogP contribution in [0.4, 0.5) is 5.82 Å². The third-order valence-corrected chi connectivity index (χ3v) is 6.36. The molecule has 0 spiro atoms. The molecule has 1 aliphatic rings. The van der Waals surface area contributed by atoms with E-state index in [0.29, 0.717) is 38.3 Å². The lowest BCUT2D eigenvalue weighted by Gasteiger charge is -2.35. The summed E-state index contributed by atoms with van der Waals surface area (Å²) in [6.45, 7) is 4.05. The Morgan fingerprint density at radius 2 is 1.77 bits per heavy atom. The summed E-state index contributed by atoms with van der Waals surface area (Å²) in [4.78, 5) is 38.2. The molecule has 1 fully saturated rings. The summed E-state index contributed by atoms with van der Waals surface area (Å²) in [5.74, 6) is 0.758. The Kier molecular flexibility index (Phi) is 6.70. The molecule has 0 saturated carbocycles. The molecule has 5 rings (SSSR count). The average Bonchev–Trinajstić information content (AvgIpc) is 3.44. The second-order valence-electron chi connectivity index (χ2n) is 8.62. The van der Waals surface area contributed by atoms with Crippen molar-refractivity contribution in [2.75, 3.05) is 37.6 Å². The van der Waals surface area contributed by atoms with Crippen molar-refractivity contribution in [1.29, 1.82) is 0 Å². The number of pyridine rings is 1. The molecular formula is C27H28N6O2. The fraction of sp³-hybridized carbons (Fsp3) is 0.259. The van der Waals surface area contributed by atoms with Crippen LogP contribution in [0.3, 0.4) is 0 Å². The second kappa shape index (κ2) is 10.4.